The molecule has 1 aliphatic rings. The topological polar surface area (TPSA) is 100 Å². The van der Waals surface area contributed by atoms with Crippen molar-refractivity contribution in [3.63, 3.8) is 0 Å². The second kappa shape index (κ2) is 10.6. The molecule has 0 N–H and O–H groups in total. The number of cyclic esters (lactones) is 1. The third-order valence-electron chi connectivity index (χ3n) is 4.87. The van der Waals surface area contributed by atoms with Crippen LogP contribution in [0.15, 0.2) is 65.3 Å². The normalized spacial score (nSPS) is 14.0. The zero-order valence-corrected chi connectivity index (χ0v) is 21.6. The van der Waals surface area contributed by atoms with Gasteiger partial charge in [-0.1, -0.05) is 23.2 Å². The monoisotopic (exact) mass is 624 g/mol. The lowest BCUT2D eigenvalue weighted by Gasteiger charge is -2.13. The third kappa shape index (κ3) is 5.75. The van der Waals surface area contributed by atoms with E-state index in [-0.39, 0.29) is 23.9 Å². The maximum Gasteiger partial charge on any atom is 0.363 e. The van der Waals surface area contributed by atoms with Crippen LogP contribution in [-0.4, -0.2) is 23.9 Å². The first kappa shape index (κ1) is 25.0. The summed E-state index contributed by atoms with van der Waals surface area (Å²) in [5, 5.41) is 11.6. The van der Waals surface area contributed by atoms with Crippen LogP contribution in [0.25, 0.3) is 6.08 Å². The molecule has 3 aromatic rings. The summed E-state index contributed by atoms with van der Waals surface area (Å²) >= 11 is 14.2. The van der Waals surface area contributed by atoms with E-state index < -0.39 is 10.9 Å². The molecule has 0 bridgehead atoms. The Hall–Kier alpha value is -3.15. The summed E-state index contributed by atoms with van der Waals surface area (Å²) in [5.41, 5.74) is 1.97. The molecule has 11 heteroatoms. The van der Waals surface area contributed by atoms with Crippen molar-refractivity contribution in [2.24, 2.45) is 4.99 Å². The van der Waals surface area contributed by atoms with Gasteiger partial charge in [-0.2, -0.15) is 0 Å². The molecule has 3 aromatic carbocycles. The fourth-order valence-electron chi connectivity index (χ4n) is 3.18. The van der Waals surface area contributed by atoms with E-state index in [0.717, 1.165) is 9.13 Å². The molecule has 1 heterocycles. The molecule has 4 rings (SSSR count). The van der Waals surface area contributed by atoms with E-state index in [4.69, 9.17) is 37.4 Å². The van der Waals surface area contributed by atoms with E-state index in [0.29, 0.717) is 32.7 Å². The number of non-ortho nitro benzene ring substituents is 1. The molecule has 0 saturated carbocycles. The number of nitro groups is 1. The molecule has 0 fully saturated rings. The highest BCUT2D eigenvalue weighted by molar-refractivity contribution is 14.1. The highest BCUT2D eigenvalue weighted by atomic mass is 127. The molecule has 0 unspecified atom stereocenters. The van der Waals surface area contributed by atoms with Gasteiger partial charge < -0.3 is 14.2 Å². The summed E-state index contributed by atoms with van der Waals surface area (Å²) in [5.74, 6) is 0.424. The van der Waals surface area contributed by atoms with Crippen molar-refractivity contribution in [2.45, 2.75) is 6.61 Å². The zero-order chi connectivity index (χ0) is 25.1. The van der Waals surface area contributed by atoms with Crippen molar-refractivity contribution < 1.29 is 23.9 Å². The number of rotatable bonds is 7. The number of nitrogens with zero attached hydrogens (tertiary/aromatic N) is 2. The summed E-state index contributed by atoms with van der Waals surface area (Å²) in [7, 11) is 1.50. The van der Waals surface area contributed by atoms with Crippen LogP contribution in [-0.2, 0) is 16.1 Å². The Morgan fingerprint density at radius 2 is 1.89 bits per heavy atom. The van der Waals surface area contributed by atoms with Gasteiger partial charge in [-0.25, -0.2) is 9.79 Å². The first-order valence-electron chi connectivity index (χ1n) is 9.97. The highest BCUT2D eigenvalue weighted by Gasteiger charge is 2.26. The number of carbonyl (C=O) groups is 1. The molecule has 8 nitrogen and oxygen atoms in total. The Morgan fingerprint density at radius 1 is 1.14 bits per heavy atom. The van der Waals surface area contributed by atoms with Crippen molar-refractivity contribution in [3.05, 3.63) is 101 Å². The maximum absolute atomic E-state index is 12.4. The summed E-state index contributed by atoms with van der Waals surface area (Å²) in [6.45, 7) is 0.187. The summed E-state index contributed by atoms with van der Waals surface area (Å²) in [6, 6.07) is 14.4. The smallest absolute Gasteiger partial charge is 0.363 e. The minimum atomic E-state index is -0.613. The number of nitro benzene ring substituents is 1. The van der Waals surface area contributed by atoms with Crippen LogP contribution in [0.3, 0.4) is 0 Å². The van der Waals surface area contributed by atoms with Gasteiger partial charge in [0, 0.05) is 17.2 Å². The van der Waals surface area contributed by atoms with E-state index in [1.807, 2.05) is 0 Å². The van der Waals surface area contributed by atoms with Gasteiger partial charge in [0.15, 0.2) is 17.2 Å². The molecular formula is C24H15Cl2IN2O6. The van der Waals surface area contributed by atoms with Gasteiger partial charge in [-0.05, 0) is 82.3 Å². The molecule has 0 spiro atoms. The Balaban J connectivity index is 1.57. The quantitative estimate of drug-likeness (QED) is 0.0986. The Bertz CT molecular complexity index is 1390. The van der Waals surface area contributed by atoms with Crippen LogP contribution in [0.4, 0.5) is 5.69 Å². The molecular weight excluding hydrogens is 610 g/mol. The summed E-state index contributed by atoms with van der Waals surface area (Å²) in [4.78, 5) is 27.0. The molecule has 0 saturated heterocycles. The second-order valence-corrected chi connectivity index (χ2v) is 9.21. The number of hydrogen-bond acceptors (Lipinski definition) is 7. The lowest BCUT2D eigenvalue weighted by atomic mass is 10.1. The minimum absolute atomic E-state index is 0.00731. The van der Waals surface area contributed by atoms with Crippen LogP contribution in [0.1, 0.15) is 16.7 Å². The second-order valence-electron chi connectivity index (χ2n) is 7.21. The Kier molecular flexibility index (Phi) is 7.58. The fourth-order valence-corrected chi connectivity index (χ4v) is 4.45. The molecule has 0 aliphatic carbocycles. The van der Waals surface area contributed by atoms with Crippen LogP contribution in [0.2, 0.25) is 10.0 Å². The number of carbonyl (C=O) groups excluding carboxylic acids is 1. The van der Waals surface area contributed by atoms with Gasteiger partial charge >= 0.3 is 5.97 Å². The SMILES string of the molecule is COc1cc(/C=C2\N=C(c3ccc(Cl)cc3Cl)OC2=O)cc(I)c1OCc1ccc([N+](=O)[O-])cc1. The highest BCUT2D eigenvalue weighted by Crippen LogP contribution is 2.36. The number of esters is 1. The molecule has 1 aliphatic heterocycles. The number of benzene rings is 3. The van der Waals surface area contributed by atoms with Crippen LogP contribution in [0.5, 0.6) is 11.5 Å². The Labute approximate surface area is 223 Å². The maximum atomic E-state index is 12.4. The van der Waals surface area contributed by atoms with Crippen LogP contribution >= 0.6 is 45.8 Å². The lowest BCUT2D eigenvalue weighted by Crippen LogP contribution is -2.06. The van der Waals surface area contributed by atoms with E-state index in [9.17, 15) is 14.9 Å². The molecule has 0 amide bonds. The number of aliphatic imine (C=N–C) groups is 1. The van der Waals surface area contributed by atoms with Gasteiger partial charge in [0.05, 0.1) is 26.2 Å². The van der Waals surface area contributed by atoms with Gasteiger partial charge in [0.25, 0.3) is 5.69 Å². The van der Waals surface area contributed by atoms with Gasteiger partial charge in [0.2, 0.25) is 5.90 Å². The van der Waals surface area contributed by atoms with Gasteiger partial charge in [-0.15, -0.1) is 0 Å². The standard InChI is InChI=1S/C24H15Cl2IN2O6/c1-33-21-10-14(8-19(27)22(21)34-12-13-2-5-16(6-3-13)29(31)32)9-20-24(30)35-23(28-20)17-7-4-15(25)11-18(17)26/h2-11H,12H2,1H3/b20-9-. The van der Waals surface area contributed by atoms with Crippen LogP contribution < -0.4 is 9.47 Å². The number of hydrogen-bond donors (Lipinski definition) is 0. The molecule has 178 valence electrons. The zero-order valence-electron chi connectivity index (χ0n) is 18.0. The molecule has 0 atom stereocenters. The Morgan fingerprint density at radius 3 is 2.54 bits per heavy atom. The first-order chi connectivity index (χ1) is 16.7. The molecule has 35 heavy (non-hydrogen) atoms. The number of ether oxygens (including phenoxy) is 3. The lowest BCUT2D eigenvalue weighted by molar-refractivity contribution is -0.384. The minimum Gasteiger partial charge on any atom is -0.493 e. The molecule has 0 radical (unpaired) electrons. The van der Waals surface area contributed by atoms with Crippen molar-refractivity contribution in [1.29, 1.82) is 0 Å². The number of methoxy groups -OCH3 is 1. The fraction of sp³-hybridized carbons (Fsp3) is 0.0833. The van der Waals surface area contributed by atoms with E-state index >= 15 is 0 Å². The number of halogens is 3. The first-order valence-corrected chi connectivity index (χ1v) is 11.8. The van der Waals surface area contributed by atoms with Crippen molar-refractivity contribution in [1.82, 2.24) is 0 Å². The van der Waals surface area contributed by atoms with Gasteiger partial charge in [0.1, 0.15) is 6.61 Å². The third-order valence-corrected chi connectivity index (χ3v) is 6.22. The van der Waals surface area contributed by atoms with Gasteiger partial charge in [-0.3, -0.25) is 10.1 Å². The van der Waals surface area contributed by atoms with E-state index in [1.165, 1.54) is 19.2 Å². The average molecular weight is 625 g/mol. The average Bonchev–Trinajstić information content (AvgIpc) is 3.17. The largest absolute Gasteiger partial charge is 0.493 e. The van der Waals surface area contributed by atoms with Crippen molar-refractivity contribution in [3.8, 4) is 11.5 Å². The predicted octanol–water partition coefficient (Wildman–Crippen LogP) is 6.44. The van der Waals surface area contributed by atoms with E-state index in [1.54, 1.807) is 48.5 Å². The summed E-state index contributed by atoms with van der Waals surface area (Å²) in [6.07, 6.45) is 1.57. The van der Waals surface area contributed by atoms with Crippen LogP contribution in [0, 0.1) is 13.7 Å². The van der Waals surface area contributed by atoms with Crippen molar-refractivity contribution in [2.75, 3.05) is 7.11 Å². The summed E-state index contributed by atoms with van der Waals surface area (Å²) < 4.78 is 17.4. The molecule has 0 aromatic heterocycles. The van der Waals surface area contributed by atoms with E-state index in [2.05, 4.69) is 27.6 Å². The predicted molar refractivity (Wildman–Crippen MR) is 140 cm³/mol. The van der Waals surface area contributed by atoms with Crippen molar-refractivity contribution >= 4 is 69.4 Å².